The van der Waals surface area contributed by atoms with Crippen molar-refractivity contribution in [3.63, 3.8) is 0 Å². The quantitative estimate of drug-likeness (QED) is 0.532. The van der Waals surface area contributed by atoms with E-state index in [1.165, 1.54) is 6.07 Å². The molecule has 30 heavy (non-hydrogen) atoms. The first-order valence-corrected chi connectivity index (χ1v) is 11.3. The number of ether oxygens (including phenoxy) is 1. The van der Waals surface area contributed by atoms with Crippen LogP contribution in [0.4, 0.5) is 5.69 Å². The first kappa shape index (κ1) is 22.4. The van der Waals surface area contributed by atoms with Gasteiger partial charge in [-0.2, -0.15) is 0 Å². The molecule has 0 bridgehead atoms. The largest absolute Gasteiger partial charge is 0.379 e. The topological polar surface area (TPSA) is 102 Å². The van der Waals surface area contributed by atoms with Crippen LogP contribution in [0.5, 0.6) is 0 Å². The van der Waals surface area contributed by atoms with Gasteiger partial charge in [0.1, 0.15) is 0 Å². The van der Waals surface area contributed by atoms with E-state index < -0.39 is 21.0 Å². The van der Waals surface area contributed by atoms with Gasteiger partial charge in [0.2, 0.25) is 10.0 Å². The zero-order valence-corrected chi connectivity index (χ0v) is 18.2. The normalized spacial score (nSPS) is 16.4. The summed E-state index contributed by atoms with van der Waals surface area (Å²) in [5, 5.41) is 11.3. The van der Waals surface area contributed by atoms with Crippen molar-refractivity contribution in [3.8, 4) is 0 Å². The van der Waals surface area contributed by atoms with Crippen LogP contribution in [0, 0.1) is 30.9 Å². The summed E-state index contributed by atoms with van der Waals surface area (Å²) in [6.07, 6.45) is 0. The predicted octanol–water partition coefficient (Wildman–Crippen LogP) is 2.87. The van der Waals surface area contributed by atoms with E-state index in [1.54, 1.807) is 13.8 Å². The molecule has 0 aromatic heterocycles. The lowest BCUT2D eigenvalue weighted by atomic mass is 10.1. The van der Waals surface area contributed by atoms with Crippen molar-refractivity contribution in [1.82, 2.24) is 9.62 Å². The minimum absolute atomic E-state index is 0.0618. The number of benzene rings is 2. The van der Waals surface area contributed by atoms with Gasteiger partial charge in [-0.25, -0.2) is 13.1 Å². The maximum atomic E-state index is 13.3. The van der Waals surface area contributed by atoms with Gasteiger partial charge in [-0.3, -0.25) is 15.0 Å². The number of aryl methyl sites for hydroxylation is 2. The number of sulfonamides is 1. The third-order valence-electron chi connectivity index (χ3n) is 5.43. The number of hydrogen-bond donors (Lipinski definition) is 1. The average Bonchev–Trinajstić information content (AvgIpc) is 2.70. The Bertz CT molecular complexity index is 1020. The number of nitro benzene ring substituents is 1. The molecule has 2 aromatic rings. The molecule has 1 aliphatic heterocycles. The van der Waals surface area contributed by atoms with Crippen molar-refractivity contribution >= 4 is 15.7 Å². The van der Waals surface area contributed by atoms with Crippen LogP contribution in [0.3, 0.4) is 0 Å². The SMILES string of the molecule is Cc1ccc([C@@H](CN2CCOCC2)NS(=O)(=O)c2cc([N+](=O)[O-])cc(C)c2C)cc1. The molecule has 0 aliphatic carbocycles. The molecule has 0 radical (unpaired) electrons. The van der Waals surface area contributed by atoms with Crippen LogP contribution >= 0.6 is 0 Å². The molecular weight excluding hydrogens is 406 g/mol. The average molecular weight is 434 g/mol. The molecule has 1 heterocycles. The highest BCUT2D eigenvalue weighted by molar-refractivity contribution is 7.89. The van der Waals surface area contributed by atoms with Crippen molar-refractivity contribution < 1.29 is 18.1 Å². The summed E-state index contributed by atoms with van der Waals surface area (Å²) in [7, 11) is -3.99. The van der Waals surface area contributed by atoms with E-state index in [2.05, 4.69) is 9.62 Å². The van der Waals surface area contributed by atoms with Crippen molar-refractivity contribution in [2.24, 2.45) is 0 Å². The van der Waals surface area contributed by atoms with E-state index in [4.69, 9.17) is 4.74 Å². The predicted molar refractivity (Wildman–Crippen MR) is 114 cm³/mol. The molecule has 1 N–H and O–H groups in total. The summed E-state index contributed by atoms with van der Waals surface area (Å²) in [5.41, 5.74) is 2.75. The Morgan fingerprint density at radius 1 is 1.13 bits per heavy atom. The number of nitro groups is 1. The van der Waals surface area contributed by atoms with Gasteiger partial charge < -0.3 is 4.74 Å². The molecule has 9 heteroatoms. The van der Waals surface area contributed by atoms with Crippen molar-refractivity contribution in [3.05, 3.63) is 68.8 Å². The van der Waals surface area contributed by atoms with E-state index in [1.807, 2.05) is 31.2 Å². The monoisotopic (exact) mass is 433 g/mol. The zero-order valence-electron chi connectivity index (χ0n) is 17.4. The molecular formula is C21H27N3O5S. The van der Waals surface area contributed by atoms with Gasteiger partial charge in [-0.15, -0.1) is 0 Å². The molecule has 0 saturated carbocycles. The van der Waals surface area contributed by atoms with Gasteiger partial charge in [-0.05, 0) is 37.5 Å². The number of rotatable bonds is 7. The summed E-state index contributed by atoms with van der Waals surface area (Å²) in [6.45, 7) is 8.45. The standard InChI is InChI=1S/C21H27N3O5S/c1-15-4-6-18(7-5-15)20(14-23-8-10-29-11-9-23)22-30(27,28)21-13-19(24(25)26)12-16(2)17(21)3/h4-7,12-13,20,22H,8-11,14H2,1-3H3/t20-/m1/s1. The molecule has 0 spiro atoms. The number of nitrogens with zero attached hydrogens (tertiary/aromatic N) is 2. The third-order valence-corrected chi connectivity index (χ3v) is 7.02. The van der Waals surface area contributed by atoms with Gasteiger partial charge in [-0.1, -0.05) is 29.8 Å². The van der Waals surface area contributed by atoms with Gasteiger partial charge in [0, 0.05) is 31.8 Å². The zero-order chi connectivity index (χ0) is 21.9. The van der Waals surface area contributed by atoms with E-state index in [0.717, 1.165) is 30.3 Å². The molecule has 1 fully saturated rings. The summed E-state index contributed by atoms with van der Waals surface area (Å²) >= 11 is 0. The molecule has 3 rings (SSSR count). The van der Waals surface area contributed by atoms with Crippen LogP contribution in [-0.2, 0) is 14.8 Å². The van der Waals surface area contributed by atoms with E-state index in [0.29, 0.717) is 30.9 Å². The second-order valence-electron chi connectivity index (χ2n) is 7.64. The Balaban J connectivity index is 1.96. The lowest BCUT2D eigenvalue weighted by Gasteiger charge is -2.31. The number of non-ortho nitro benzene ring substituents is 1. The molecule has 1 atom stereocenters. The minimum Gasteiger partial charge on any atom is -0.379 e. The third kappa shape index (κ3) is 5.23. The summed E-state index contributed by atoms with van der Waals surface area (Å²) in [6, 6.07) is 9.73. The molecule has 1 aliphatic rings. The van der Waals surface area contributed by atoms with Crippen LogP contribution in [0.1, 0.15) is 28.3 Å². The van der Waals surface area contributed by atoms with Gasteiger partial charge >= 0.3 is 0 Å². The first-order chi connectivity index (χ1) is 14.2. The van der Waals surface area contributed by atoms with Crippen molar-refractivity contribution in [2.75, 3.05) is 32.8 Å². The Hall–Kier alpha value is -2.33. The molecule has 0 unspecified atom stereocenters. The fraction of sp³-hybridized carbons (Fsp3) is 0.429. The summed E-state index contributed by atoms with van der Waals surface area (Å²) in [5.74, 6) is 0. The molecule has 2 aromatic carbocycles. The van der Waals surface area contributed by atoms with Crippen LogP contribution in [0.15, 0.2) is 41.3 Å². The van der Waals surface area contributed by atoms with Crippen LogP contribution < -0.4 is 4.72 Å². The summed E-state index contributed by atoms with van der Waals surface area (Å²) in [4.78, 5) is 12.8. The Morgan fingerprint density at radius 2 is 1.77 bits per heavy atom. The van der Waals surface area contributed by atoms with Crippen LogP contribution in [-0.4, -0.2) is 51.1 Å². The highest BCUT2D eigenvalue weighted by Crippen LogP contribution is 2.27. The maximum absolute atomic E-state index is 13.3. The Kier molecular flexibility index (Phi) is 6.87. The van der Waals surface area contributed by atoms with Crippen molar-refractivity contribution in [1.29, 1.82) is 0 Å². The maximum Gasteiger partial charge on any atom is 0.271 e. The minimum atomic E-state index is -3.99. The fourth-order valence-electron chi connectivity index (χ4n) is 3.50. The van der Waals surface area contributed by atoms with Gasteiger partial charge in [0.05, 0.1) is 29.1 Å². The highest BCUT2D eigenvalue weighted by atomic mass is 32.2. The fourth-order valence-corrected chi connectivity index (χ4v) is 5.05. The second kappa shape index (κ2) is 9.22. The van der Waals surface area contributed by atoms with Crippen LogP contribution in [0.2, 0.25) is 0 Å². The second-order valence-corrected chi connectivity index (χ2v) is 9.32. The van der Waals surface area contributed by atoms with Gasteiger partial charge in [0.15, 0.2) is 0 Å². The number of hydrogen-bond acceptors (Lipinski definition) is 6. The molecule has 162 valence electrons. The molecule has 8 nitrogen and oxygen atoms in total. The van der Waals surface area contributed by atoms with Crippen molar-refractivity contribution in [2.45, 2.75) is 31.7 Å². The first-order valence-electron chi connectivity index (χ1n) is 9.82. The van der Waals surface area contributed by atoms with E-state index >= 15 is 0 Å². The van der Waals surface area contributed by atoms with Gasteiger partial charge in [0.25, 0.3) is 5.69 Å². The summed E-state index contributed by atoms with van der Waals surface area (Å²) < 4.78 is 34.8. The highest BCUT2D eigenvalue weighted by Gasteiger charge is 2.27. The Labute approximate surface area is 177 Å². The van der Waals surface area contributed by atoms with E-state index in [-0.39, 0.29) is 10.6 Å². The number of morpholine rings is 1. The lowest BCUT2D eigenvalue weighted by molar-refractivity contribution is -0.385. The lowest BCUT2D eigenvalue weighted by Crippen LogP contribution is -2.43. The molecule has 1 saturated heterocycles. The van der Waals surface area contributed by atoms with Crippen LogP contribution in [0.25, 0.3) is 0 Å². The number of nitrogens with one attached hydrogen (secondary N) is 1. The van der Waals surface area contributed by atoms with E-state index in [9.17, 15) is 18.5 Å². The smallest absolute Gasteiger partial charge is 0.271 e. The Morgan fingerprint density at radius 3 is 2.37 bits per heavy atom. The molecule has 0 amide bonds.